The van der Waals surface area contributed by atoms with Crippen molar-refractivity contribution in [2.75, 3.05) is 5.73 Å². The summed E-state index contributed by atoms with van der Waals surface area (Å²) < 4.78 is 16.0. The van der Waals surface area contributed by atoms with Crippen molar-refractivity contribution in [3.63, 3.8) is 0 Å². The number of para-hydroxylation sites is 1. The number of benzene rings is 2. The van der Waals surface area contributed by atoms with E-state index in [9.17, 15) is 4.39 Å². The monoisotopic (exact) mass is 283 g/mol. The number of halogens is 1. The lowest BCUT2D eigenvalue weighted by Crippen LogP contribution is -2.02. The van der Waals surface area contributed by atoms with Crippen LogP contribution in [0.1, 0.15) is 18.1 Å². The molecule has 0 atom stereocenters. The molecule has 0 spiro atoms. The summed E-state index contributed by atoms with van der Waals surface area (Å²) in [4.78, 5) is 4.50. The summed E-state index contributed by atoms with van der Waals surface area (Å²) in [5, 5.41) is 0. The Hall–Kier alpha value is -2.36. The van der Waals surface area contributed by atoms with E-state index in [0.29, 0.717) is 17.7 Å². The van der Waals surface area contributed by atoms with Crippen molar-refractivity contribution in [3.05, 3.63) is 47.3 Å². The summed E-state index contributed by atoms with van der Waals surface area (Å²) in [6.07, 6.45) is 0. The van der Waals surface area contributed by atoms with Gasteiger partial charge in [-0.2, -0.15) is 0 Å². The van der Waals surface area contributed by atoms with E-state index in [2.05, 4.69) is 4.98 Å². The third kappa shape index (κ3) is 2.07. The molecule has 0 aliphatic carbocycles. The van der Waals surface area contributed by atoms with E-state index in [4.69, 9.17) is 5.73 Å². The summed E-state index contributed by atoms with van der Waals surface area (Å²) in [6.45, 7) is 6.73. The first-order valence-electron chi connectivity index (χ1n) is 7.04. The normalized spacial score (nSPS) is 11.2. The molecule has 3 nitrogen and oxygen atoms in total. The van der Waals surface area contributed by atoms with Crippen LogP contribution in [0.4, 0.5) is 10.1 Å². The van der Waals surface area contributed by atoms with Gasteiger partial charge in [-0.1, -0.05) is 12.1 Å². The Labute approximate surface area is 123 Å². The molecule has 0 unspecified atom stereocenters. The van der Waals surface area contributed by atoms with Gasteiger partial charge in [0.05, 0.1) is 5.52 Å². The fraction of sp³-hybridized carbons (Fsp3) is 0.235. The first kappa shape index (κ1) is 13.6. The number of nitrogen functional groups attached to an aromatic ring is 1. The summed E-state index contributed by atoms with van der Waals surface area (Å²) in [5.41, 5.74) is 11.1. The number of anilines is 1. The molecule has 108 valence electrons. The van der Waals surface area contributed by atoms with Gasteiger partial charge in [-0.15, -0.1) is 0 Å². The highest BCUT2D eigenvalue weighted by molar-refractivity contribution is 5.85. The van der Waals surface area contributed by atoms with Gasteiger partial charge in [-0.25, -0.2) is 9.37 Å². The summed E-state index contributed by atoms with van der Waals surface area (Å²) in [5.74, 6) is 0.422. The Morgan fingerprint density at radius 1 is 1.24 bits per heavy atom. The molecular weight excluding hydrogens is 265 g/mol. The van der Waals surface area contributed by atoms with Gasteiger partial charge in [0.15, 0.2) is 5.82 Å². The molecule has 21 heavy (non-hydrogen) atoms. The van der Waals surface area contributed by atoms with Crippen LogP contribution in [0.5, 0.6) is 0 Å². The van der Waals surface area contributed by atoms with Crippen LogP contribution >= 0.6 is 0 Å². The van der Waals surface area contributed by atoms with Gasteiger partial charge >= 0.3 is 0 Å². The SMILES string of the molecule is CCn1c(-c2cc(C)cc(C)c2N)nc2c(F)cccc21. The van der Waals surface area contributed by atoms with Crippen molar-refractivity contribution in [2.45, 2.75) is 27.3 Å². The third-order valence-electron chi connectivity index (χ3n) is 3.82. The van der Waals surface area contributed by atoms with Gasteiger partial charge in [-0.3, -0.25) is 0 Å². The second kappa shape index (κ2) is 4.88. The first-order chi connectivity index (χ1) is 10.0. The first-order valence-corrected chi connectivity index (χ1v) is 7.04. The molecule has 1 heterocycles. The lowest BCUT2D eigenvalue weighted by Gasteiger charge is -2.11. The topological polar surface area (TPSA) is 43.8 Å². The Kier molecular flexibility index (Phi) is 3.16. The van der Waals surface area contributed by atoms with Crippen molar-refractivity contribution in [1.82, 2.24) is 9.55 Å². The molecule has 0 aliphatic heterocycles. The number of hydrogen-bond acceptors (Lipinski definition) is 2. The highest BCUT2D eigenvalue weighted by atomic mass is 19.1. The predicted molar refractivity (Wildman–Crippen MR) is 84.7 cm³/mol. The molecule has 2 N–H and O–H groups in total. The molecular formula is C17H18FN3. The van der Waals surface area contributed by atoms with Gasteiger partial charge in [0, 0.05) is 17.8 Å². The number of aryl methyl sites for hydroxylation is 3. The number of hydrogen-bond donors (Lipinski definition) is 1. The molecule has 3 rings (SSSR count). The van der Waals surface area contributed by atoms with Crippen LogP contribution in [-0.2, 0) is 6.54 Å². The average Bonchev–Trinajstić information content (AvgIpc) is 2.82. The van der Waals surface area contributed by atoms with Crippen LogP contribution in [0.25, 0.3) is 22.4 Å². The zero-order chi connectivity index (χ0) is 15.1. The lowest BCUT2D eigenvalue weighted by molar-refractivity contribution is 0.637. The standard InChI is InChI=1S/C17H18FN3/c1-4-21-14-7-5-6-13(18)16(14)20-17(21)12-9-10(2)8-11(3)15(12)19/h5-9H,4,19H2,1-3H3. The van der Waals surface area contributed by atoms with E-state index in [0.717, 1.165) is 28.0 Å². The molecule has 1 aromatic heterocycles. The summed E-state index contributed by atoms with van der Waals surface area (Å²) >= 11 is 0. The maximum absolute atomic E-state index is 14.0. The van der Waals surface area contributed by atoms with E-state index in [1.165, 1.54) is 6.07 Å². The third-order valence-corrected chi connectivity index (χ3v) is 3.82. The minimum absolute atomic E-state index is 0.302. The zero-order valence-electron chi connectivity index (χ0n) is 12.4. The maximum Gasteiger partial charge on any atom is 0.151 e. The summed E-state index contributed by atoms with van der Waals surface area (Å²) in [7, 11) is 0. The Morgan fingerprint density at radius 3 is 2.71 bits per heavy atom. The van der Waals surface area contributed by atoms with Crippen molar-refractivity contribution in [1.29, 1.82) is 0 Å². The number of imidazole rings is 1. The molecule has 0 fully saturated rings. The van der Waals surface area contributed by atoms with Gasteiger partial charge in [0.25, 0.3) is 0 Å². The highest BCUT2D eigenvalue weighted by Gasteiger charge is 2.17. The molecule has 4 heteroatoms. The minimum atomic E-state index is -0.302. The molecule has 2 aromatic carbocycles. The van der Waals surface area contributed by atoms with Crippen molar-refractivity contribution in [3.8, 4) is 11.4 Å². The van der Waals surface area contributed by atoms with Gasteiger partial charge < -0.3 is 10.3 Å². The number of nitrogens with zero attached hydrogens (tertiary/aromatic N) is 2. The molecule has 0 amide bonds. The second-order valence-electron chi connectivity index (χ2n) is 5.33. The maximum atomic E-state index is 14.0. The van der Waals surface area contributed by atoms with Crippen molar-refractivity contribution >= 4 is 16.7 Å². The number of nitrogens with two attached hydrogens (primary N) is 1. The van der Waals surface area contributed by atoms with Gasteiger partial charge in [0.2, 0.25) is 0 Å². The fourth-order valence-electron chi connectivity index (χ4n) is 2.80. The second-order valence-corrected chi connectivity index (χ2v) is 5.33. The quantitative estimate of drug-likeness (QED) is 0.721. The molecule has 0 bridgehead atoms. The molecule has 0 saturated heterocycles. The Balaban J connectivity index is 2.38. The van der Waals surface area contributed by atoms with Crippen LogP contribution in [-0.4, -0.2) is 9.55 Å². The Morgan fingerprint density at radius 2 is 2.00 bits per heavy atom. The highest BCUT2D eigenvalue weighted by Crippen LogP contribution is 2.32. The number of rotatable bonds is 2. The van der Waals surface area contributed by atoms with Gasteiger partial charge in [0.1, 0.15) is 11.3 Å². The van der Waals surface area contributed by atoms with E-state index in [1.54, 1.807) is 6.07 Å². The smallest absolute Gasteiger partial charge is 0.151 e. The molecule has 0 aliphatic rings. The van der Waals surface area contributed by atoms with Crippen LogP contribution in [0.3, 0.4) is 0 Å². The van der Waals surface area contributed by atoms with E-state index >= 15 is 0 Å². The molecule has 0 radical (unpaired) electrons. The van der Waals surface area contributed by atoms with Crippen LogP contribution in [0.15, 0.2) is 30.3 Å². The molecule has 3 aromatic rings. The largest absolute Gasteiger partial charge is 0.398 e. The van der Waals surface area contributed by atoms with Crippen LogP contribution in [0, 0.1) is 19.7 Å². The van der Waals surface area contributed by atoms with Gasteiger partial charge in [-0.05, 0) is 50.1 Å². The lowest BCUT2D eigenvalue weighted by atomic mass is 10.0. The van der Waals surface area contributed by atoms with E-state index in [-0.39, 0.29) is 5.82 Å². The van der Waals surface area contributed by atoms with E-state index < -0.39 is 0 Å². The van der Waals surface area contributed by atoms with Crippen molar-refractivity contribution in [2.24, 2.45) is 0 Å². The fourth-order valence-corrected chi connectivity index (χ4v) is 2.80. The van der Waals surface area contributed by atoms with Crippen LogP contribution < -0.4 is 5.73 Å². The van der Waals surface area contributed by atoms with E-state index in [1.807, 2.05) is 43.5 Å². The molecule has 0 saturated carbocycles. The average molecular weight is 283 g/mol. The van der Waals surface area contributed by atoms with Crippen LogP contribution in [0.2, 0.25) is 0 Å². The number of aromatic nitrogens is 2. The van der Waals surface area contributed by atoms with Crippen molar-refractivity contribution < 1.29 is 4.39 Å². The summed E-state index contributed by atoms with van der Waals surface area (Å²) in [6, 6.07) is 9.08. The minimum Gasteiger partial charge on any atom is -0.398 e. The number of fused-ring (bicyclic) bond motifs is 1. The predicted octanol–water partition coefficient (Wildman–Crippen LogP) is 4.06. The zero-order valence-corrected chi connectivity index (χ0v) is 12.4. The Bertz CT molecular complexity index is 834.